The van der Waals surface area contributed by atoms with Crippen molar-refractivity contribution < 1.29 is 9.00 Å². The van der Waals surface area contributed by atoms with Crippen LogP contribution in [-0.2, 0) is 17.3 Å². The lowest BCUT2D eigenvalue weighted by molar-refractivity contribution is 0.250. The van der Waals surface area contributed by atoms with E-state index in [9.17, 15) is 9.00 Å². The Labute approximate surface area is 183 Å². The number of hydrogen-bond donors (Lipinski definition) is 4. The molecule has 0 heterocycles. The number of nitrogens with one attached hydrogen (secondary N) is 4. The van der Waals surface area contributed by atoms with Gasteiger partial charge in [-0.15, -0.1) is 0 Å². The molecule has 4 N–H and O–H groups in total. The minimum atomic E-state index is -0.731. The molecule has 2 amide bonds. The van der Waals surface area contributed by atoms with Crippen LogP contribution in [0.1, 0.15) is 58.9 Å². The zero-order chi connectivity index (χ0) is 21.9. The third kappa shape index (κ3) is 8.34. The second-order valence-electron chi connectivity index (χ2n) is 7.94. The maximum absolute atomic E-state index is 12.2. The fraction of sp³-hybridized carbons (Fsp3) is 0.636. The van der Waals surface area contributed by atoms with Gasteiger partial charge in [0.25, 0.3) is 0 Å². The molecule has 3 atom stereocenters. The van der Waals surface area contributed by atoms with Crippen LogP contribution >= 0.6 is 0 Å². The fourth-order valence-corrected chi connectivity index (χ4v) is 4.91. The van der Waals surface area contributed by atoms with Crippen LogP contribution in [0.5, 0.6) is 0 Å². The van der Waals surface area contributed by atoms with Crippen LogP contribution in [0.15, 0.2) is 29.3 Å². The lowest BCUT2D eigenvalue weighted by atomic mass is 9.95. The molecule has 168 valence electrons. The summed E-state index contributed by atoms with van der Waals surface area (Å²) in [5.41, 5.74) is 1.82. The normalized spacial score (nSPS) is 20.5. The van der Waals surface area contributed by atoms with Gasteiger partial charge >= 0.3 is 6.03 Å². The monoisotopic (exact) mass is 435 g/mol. The first-order chi connectivity index (χ1) is 14.4. The number of amides is 2. The van der Waals surface area contributed by atoms with E-state index in [0.29, 0.717) is 12.6 Å². The number of urea groups is 1. The van der Waals surface area contributed by atoms with Crippen LogP contribution in [-0.4, -0.2) is 45.8 Å². The number of benzene rings is 1. The van der Waals surface area contributed by atoms with Gasteiger partial charge in [0.2, 0.25) is 0 Å². The predicted molar refractivity (Wildman–Crippen MR) is 126 cm³/mol. The third-order valence-corrected chi connectivity index (χ3v) is 6.76. The lowest BCUT2D eigenvalue weighted by Crippen LogP contribution is -2.46. The molecule has 2 rings (SSSR count). The van der Waals surface area contributed by atoms with Gasteiger partial charge in [0.05, 0.1) is 6.54 Å². The molecule has 0 bridgehead atoms. The maximum atomic E-state index is 12.2. The molecule has 1 aliphatic rings. The summed E-state index contributed by atoms with van der Waals surface area (Å²) >= 11 is 0. The lowest BCUT2D eigenvalue weighted by Gasteiger charge is -2.30. The number of carbonyl (C=O) groups is 1. The minimum absolute atomic E-state index is 0.0945. The van der Waals surface area contributed by atoms with Crippen LogP contribution in [0, 0.1) is 0 Å². The Morgan fingerprint density at radius 1 is 1.20 bits per heavy atom. The standard InChI is InChI=1S/C22H37N5O2S/c1-5-23-21(26-19-8-7-9-20(14-19)30(29)6-2)24-15-17-10-12-18(13-11-17)27-22(28)25-16(3)4/h10-13,16,19-20H,5-9,14-15H2,1-4H3,(H2,23,24,26)(H2,25,27,28). The summed E-state index contributed by atoms with van der Waals surface area (Å²) in [6.07, 6.45) is 4.18. The first kappa shape index (κ1) is 24.2. The first-order valence-corrected chi connectivity index (χ1v) is 12.4. The molecule has 1 saturated carbocycles. The van der Waals surface area contributed by atoms with Crippen LogP contribution in [0.2, 0.25) is 0 Å². The highest BCUT2D eigenvalue weighted by atomic mass is 32.2. The molecule has 7 nitrogen and oxygen atoms in total. The van der Waals surface area contributed by atoms with Gasteiger partial charge in [0.15, 0.2) is 5.96 Å². The Morgan fingerprint density at radius 2 is 1.93 bits per heavy atom. The SMILES string of the molecule is CCNC(=NCc1ccc(NC(=O)NC(C)C)cc1)NC1CCCC(S(=O)CC)C1. The largest absolute Gasteiger partial charge is 0.357 e. The Kier molecular flexibility index (Phi) is 10.1. The Balaban J connectivity index is 1.92. The summed E-state index contributed by atoms with van der Waals surface area (Å²) in [5.74, 6) is 1.53. The molecule has 1 fully saturated rings. The van der Waals surface area contributed by atoms with Crippen molar-refractivity contribution in [2.75, 3.05) is 17.6 Å². The zero-order valence-corrected chi connectivity index (χ0v) is 19.5. The van der Waals surface area contributed by atoms with E-state index in [1.165, 1.54) is 0 Å². The second kappa shape index (κ2) is 12.6. The number of aliphatic imine (C=N–C) groups is 1. The van der Waals surface area contributed by atoms with Crippen molar-refractivity contribution in [2.24, 2.45) is 4.99 Å². The highest BCUT2D eigenvalue weighted by Gasteiger charge is 2.26. The van der Waals surface area contributed by atoms with E-state index < -0.39 is 10.8 Å². The molecule has 30 heavy (non-hydrogen) atoms. The van der Waals surface area contributed by atoms with E-state index in [4.69, 9.17) is 4.99 Å². The maximum Gasteiger partial charge on any atom is 0.319 e. The molecule has 8 heteroatoms. The molecule has 1 aliphatic carbocycles. The topological polar surface area (TPSA) is 94.6 Å². The van der Waals surface area contributed by atoms with Gasteiger partial charge in [-0.3, -0.25) is 4.21 Å². The van der Waals surface area contributed by atoms with Crippen molar-refractivity contribution in [3.8, 4) is 0 Å². The summed E-state index contributed by atoms with van der Waals surface area (Å²) in [6.45, 7) is 9.23. The number of rotatable bonds is 8. The number of guanidine groups is 1. The average Bonchev–Trinajstić information content (AvgIpc) is 2.72. The van der Waals surface area contributed by atoms with Crippen molar-refractivity contribution in [3.63, 3.8) is 0 Å². The quantitative estimate of drug-likeness (QED) is 0.372. The van der Waals surface area contributed by atoms with Gasteiger partial charge in [0, 0.05) is 46.1 Å². The van der Waals surface area contributed by atoms with Crippen LogP contribution in [0.3, 0.4) is 0 Å². The summed E-state index contributed by atoms with van der Waals surface area (Å²) < 4.78 is 12.2. The van der Waals surface area contributed by atoms with E-state index in [2.05, 4.69) is 28.2 Å². The first-order valence-electron chi connectivity index (χ1n) is 11.0. The summed E-state index contributed by atoms with van der Waals surface area (Å²) in [7, 11) is -0.731. The number of anilines is 1. The van der Waals surface area contributed by atoms with E-state index in [1.54, 1.807) is 0 Å². The van der Waals surface area contributed by atoms with Crippen LogP contribution in [0.4, 0.5) is 10.5 Å². The van der Waals surface area contributed by atoms with Crippen molar-refractivity contribution in [1.29, 1.82) is 0 Å². The number of nitrogens with zero attached hydrogens (tertiary/aromatic N) is 1. The van der Waals surface area contributed by atoms with Crippen LogP contribution < -0.4 is 21.3 Å². The molecular formula is C22H37N5O2S. The average molecular weight is 436 g/mol. The van der Waals surface area contributed by atoms with Crippen molar-refractivity contribution in [2.45, 2.75) is 77.3 Å². The minimum Gasteiger partial charge on any atom is -0.357 e. The van der Waals surface area contributed by atoms with E-state index in [1.807, 2.05) is 45.0 Å². The molecular weight excluding hydrogens is 398 g/mol. The van der Waals surface area contributed by atoms with Gasteiger partial charge in [-0.2, -0.15) is 0 Å². The molecule has 0 saturated heterocycles. The highest BCUT2D eigenvalue weighted by Crippen LogP contribution is 2.23. The van der Waals surface area contributed by atoms with Crippen molar-refractivity contribution >= 4 is 28.5 Å². The Morgan fingerprint density at radius 3 is 2.57 bits per heavy atom. The molecule has 1 aromatic rings. The fourth-order valence-electron chi connectivity index (χ4n) is 3.56. The summed E-state index contributed by atoms with van der Waals surface area (Å²) in [6, 6.07) is 7.91. The molecule has 3 unspecified atom stereocenters. The Bertz CT molecular complexity index is 721. The van der Waals surface area contributed by atoms with Gasteiger partial charge in [-0.05, 0) is 57.7 Å². The molecule has 1 aromatic carbocycles. The molecule has 0 radical (unpaired) electrons. The van der Waals surface area contributed by atoms with Gasteiger partial charge in [-0.25, -0.2) is 9.79 Å². The molecule has 0 aromatic heterocycles. The Hall–Kier alpha value is -2.09. The summed E-state index contributed by atoms with van der Waals surface area (Å²) in [5, 5.41) is 12.8. The van der Waals surface area contributed by atoms with E-state index in [0.717, 1.165) is 55.2 Å². The molecule has 0 spiro atoms. The molecule has 0 aliphatic heterocycles. The van der Waals surface area contributed by atoms with Gasteiger partial charge < -0.3 is 21.3 Å². The van der Waals surface area contributed by atoms with Crippen LogP contribution in [0.25, 0.3) is 0 Å². The van der Waals surface area contributed by atoms with Gasteiger partial charge in [-0.1, -0.05) is 25.5 Å². The predicted octanol–water partition coefficient (Wildman–Crippen LogP) is 3.35. The highest BCUT2D eigenvalue weighted by molar-refractivity contribution is 7.85. The second-order valence-corrected chi connectivity index (χ2v) is 9.95. The number of carbonyl (C=O) groups excluding carboxylic acids is 1. The van der Waals surface area contributed by atoms with E-state index in [-0.39, 0.29) is 17.3 Å². The third-order valence-electron chi connectivity index (χ3n) is 5.02. The summed E-state index contributed by atoms with van der Waals surface area (Å²) in [4.78, 5) is 16.5. The zero-order valence-electron chi connectivity index (χ0n) is 18.7. The van der Waals surface area contributed by atoms with Gasteiger partial charge in [0.1, 0.15) is 0 Å². The smallest absolute Gasteiger partial charge is 0.319 e. The van der Waals surface area contributed by atoms with Crippen molar-refractivity contribution in [1.82, 2.24) is 16.0 Å². The number of hydrogen-bond acceptors (Lipinski definition) is 3. The van der Waals surface area contributed by atoms with E-state index >= 15 is 0 Å². The van der Waals surface area contributed by atoms with Crippen molar-refractivity contribution in [3.05, 3.63) is 29.8 Å².